The molecule has 0 amide bonds. The Labute approximate surface area is 94.5 Å². The number of halogens is 1. The molecule has 0 aliphatic rings. The van der Waals surface area contributed by atoms with E-state index in [1.165, 1.54) is 6.07 Å². The van der Waals surface area contributed by atoms with Gasteiger partial charge in [0.05, 0.1) is 6.42 Å². The van der Waals surface area contributed by atoms with Crippen molar-refractivity contribution in [1.82, 2.24) is 4.90 Å². The molecule has 1 aromatic carbocycles. The molecule has 4 heteroatoms. The minimum atomic E-state index is -0.931. The number of rotatable bonds is 4. The number of benzene rings is 1. The summed E-state index contributed by atoms with van der Waals surface area (Å²) < 4.78 is 13.6. The van der Waals surface area contributed by atoms with Crippen molar-refractivity contribution in [2.24, 2.45) is 0 Å². The van der Waals surface area contributed by atoms with E-state index in [4.69, 9.17) is 5.11 Å². The highest BCUT2D eigenvalue weighted by Gasteiger charge is 2.21. The third kappa shape index (κ3) is 3.03. The Balaban J connectivity index is 3.09. The molecule has 0 aliphatic carbocycles. The van der Waals surface area contributed by atoms with Crippen molar-refractivity contribution < 1.29 is 14.3 Å². The minimum Gasteiger partial charge on any atom is -0.481 e. The number of carbonyl (C=O) groups is 1. The van der Waals surface area contributed by atoms with E-state index in [0.717, 1.165) is 5.56 Å². The Bertz CT molecular complexity index is 391. The number of aliphatic carboxylic acids is 1. The van der Waals surface area contributed by atoms with Crippen molar-refractivity contribution in [2.75, 3.05) is 14.1 Å². The lowest BCUT2D eigenvalue weighted by Crippen LogP contribution is -2.23. The molecule has 1 rings (SSSR count). The highest BCUT2D eigenvalue weighted by molar-refractivity contribution is 5.68. The first-order valence-electron chi connectivity index (χ1n) is 5.06. The normalized spacial score (nSPS) is 12.8. The van der Waals surface area contributed by atoms with Gasteiger partial charge < -0.3 is 10.0 Å². The zero-order chi connectivity index (χ0) is 12.3. The summed E-state index contributed by atoms with van der Waals surface area (Å²) in [5.74, 6) is -1.29. The standard InChI is InChI=1S/C12H16FNO2/c1-8-4-5-10(13)9(6-8)11(14(2)3)7-12(15)16/h4-6,11H,7H2,1-3H3,(H,15,16). The zero-order valence-electron chi connectivity index (χ0n) is 9.70. The molecule has 1 unspecified atom stereocenters. The smallest absolute Gasteiger partial charge is 0.305 e. The van der Waals surface area contributed by atoms with Crippen LogP contribution in [-0.4, -0.2) is 30.1 Å². The van der Waals surface area contributed by atoms with Crippen molar-refractivity contribution in [1.29, 1.82) is 0 Å². The molecule has 1 atom stereocenters. The Morgan fingerprint density at radius 1 is 1.50 bits per heavy atom. The summed E-state index contributed by atoms with van der Waals surface area (Å²) in [5.41, 5.74) is 1.36. The average Bonchev–Trinajstić information content (AvgIpc) is 2.18. The van der Waals surface area contributed by atoms with Crippen molar-refractivity contribution in [3.05, 3.63) is 35.1 Å². The molecule has 0 spiro atoms. The maximum Gasteiger partial charge on any atom is 0.305 e. The number of carboxylic acids is 1. The number of nitrogens with zero attached hydrogens (tertiary/aromatic N) is 1. The number of aryl methyl sites for hydroxylation is 1. The van der Waals surface area contributed by atoms with E-state index in [1.807, 2.05) is 6.92 Å². The van der Waals surface area contributed by atoms with Gasteiger partial charge >= 0.3 is 5.97 Å². The van der Waals surface area contributed by atoms with Crippen LogP contribution in [0, 0.1) is 12.7 Å². The van der Waals surface area contributed by atoms with Crippen LogP contribution in [-0.2, 0) is 4.79 Å². The van der Waals surface area contributed by atoms with Crippen LogP contribution in [0.15, 0.2) is 18.2 Å². The predicted octanol–water partition coefficient (Wildman–Crippen LogP) is 2.21. The van der Waals surface area contributed by atoms with Gasteiger partial charge in [0.25, 0.3) is 0 Å². The van der Waals surface area contributed by atoms with Crippen molar-refractivity contribution in [2.45, 2.75) is 19.4 Å². The van der Waals surface area contributed by atoms with Crippen LogP contribution in [0.2, 0.25) is 0 Å². The van der Waals surface area contributed by atoms with Gasteiger partial charge in [0.2, 0.25) is 0 Å². The Morgan fingerprint density at radius 2 is 2.12 bits per heavy atom. The average molecular weight is 225 g/mol. The lowest BCUT2D eigenvalue weighted by molar-refractivity contribution is -0.138. The summed E-state index contributed by atoms with van der Waals surface area (Å²) in [6, 6.07) is 4.32. The van der Waals surface area contributed by atoms with Gasteiger partial charge in [-0.15, -0.1) is 0 Å². The van der Waals surface area contributed by atoms with Gasteiger partial charge in [0.1, 0.15) is 5.82 Å². The Hall–Kier alpha value is -1.42. The van der Waals surface area contributed by atoms with E-state index in [-0.39, 0.29) is 12.2 Å². The lowest BCUT2D eigenvalue weighted by Gasteiger charge is -2.23. The summed E-state index contributed by atoms with van der Waals surface area (Å²) >= 11 is 0. The number of hydrogen-bond donors (Lipinski definition) is 1. The van der Waals surface area contributed by atoms with Crippen LogP contribution < -0.4 is 0 Å². The largest absolute Gasteiger partial charge is 0.481 e. The van der Waals surface area contributed by atoms with Gasteiger partial charge in [0.15, 0.2) is 0 Å². The van der Waals surface area contributed by atoms with Crippen LogP contribution in [0.1, 0.15) is 23.6 Å². The Kier molecular flexibility index (Phi) is 4.01. The molecule has 88 valence electrons. The molecule has 1 N–H and O–H groups in total. The molecule has 3 nitrogen and oxygen atoms in total. The molecule has 0 radical (unpaired) electrons. The number of hydrogen-bond acceptors (Lipinski definition) is 2. The molecule has 0 fully saturated rings. The van der Waals surface area contributed by atoms with Crippen molar-refractivity contribution >= 4 is 5.97 Å². The molecular weight excluding hydrogens is 209 g/mol. The van der Waals surface area contributed by atoms with E-state index in [0.29, 0.717) is 5.56 Å². The SMILES string of the molecule is Cc1ccc(F)c(C(CC(=O)O)N(C)C)c1. The van der Waals surface area contributed by atoms with Gasteiger partial charge in [-0.3, -0.25) is 4.79 Å². The zero-order valence-corrected chi connectivity index (χ0v) is 9.70. The first-order valence-corrected chi connectivity index (χ1v) is 5.06. The fraction of sp³-hybridized carbons (Fsp3) is 0.417. The maximum atomic E-state index is 13.6. The van der Waals surface area contributed by atoms with Gasteiger partial charge in [0, 0.05) is 11.6 Å². The molecule has 16 heavy (non-hydrogen) atoms. The van der Waals surface area contributed by atoms with E-state index in [1.54, 1.807) is 31.1 Å². The second-order valence-electron chi connectivity index (χ2n) is 4.10. The molecule has 0 aromatic heterocycles. The van der Waals surface area contributed by atoms with E-state index in [9.17, 15) is 9.18 Å². The maximum absolute atomic E-state index is 13.6. The summed E-state index contributed by atoms with van der Waals surface area (Å²) in [4.78, 5) is 12.4. The van der Waals surface area contributed by atoms with Gasteiger partial charge in [-0.2, -0.15) is 0 Å². The second-order valence-corrected chi connectivity index (χ2v) is 4.10. The van der Waals surface area contributed by atoms with E-state index < -0.39 is 12.0 Å². The quantitative estimate of drug-likeness (QED) is 0.854. The second kappa shape index (κ2) is 5.07. The van der Waals surface area contributed by atoms with Gasteiger partial charge in [-0.1, -0.05) is 17.7 Å². The van der Waals surface area contributed by atoms with Crippen LogP contribution >= 0.6 is 0 Å². The predicted molar refractivity (Wildman–Crippen MR) is 59.8 cm³/mol. The third-order valence-corrected chi connectivity index (χ3v) is 2.50. The lowest BCUT2D eigenvalue weighted by atomic mass is 10.00. The van der Waals surface area contributed by atoms with Crippen molar-refractivity contribution in [3.63, 3.8) is 0 Å². The molecule has 0 saturated heterocycles. The van der Waals surface area contributed by atoms with E-state index >= 15 is 0 Å². The third-order valence-electron chi connectivity index (χ3n) is 2.50. The topological polar surface area (TPSA) is 40.5 Å². The van der Waals surface area contributed by atoms with Crippen LogP contribution in [0.3, 0.4) is 0 Å². The van der Waals surface area contributed by atoms with Crippen LogP contribution in [0.5, 0.6) is 0 Å². The highest BCUT2D eigenvalue weighted by atomic mass is 19.1. The number of carboxylic acid groups (broad SMARTS) is 1. The molecular formula is C12H16FNO2. The Morgan fingerprint density at radius 3 is 2.62 bits per heavy atom. The fourth-order valence-electron chi connectivity index (χ4n) is 1.65. The highest BCUT2D eigenvalue weighted by Crippen LogP contribution is 2.25. The molecule has 0 heterocycles. The first-order chi connectivity index (χ1) is 7.41. The van der Waals surface area contributed by atoms with E-state index in [2.05, 4.69) is 0 Å². The van der Waals surface area contributed by atoms with Gasteiger partial charge in [-0.05, 0) is 27.1 Å². The van der Waals surface area contributed by atoms with Crippen LogP contribution in [0.4, 0.5) is 4.39 Å². The molecule has 0 bridgehead atoms. The van der Waals surface area contributed by atoms with Crippen molar-refractivity contribution in [3.8, 4) is 0 Å². The van der Waals surface area contributed by atoms with Gasteiger partial charge in [-0.25, -0.2) is 4.39 Å². The summed E-state index contributed by atoms with van der Waals surface area (Å²) in [6.07, 6.45) is -0.104. The molecule has 0 aliphatic heterocycles. The monoisotopic (exact) mass is 225 g/mol. The minimum absolute atomic E-state index is 0.104. The summed E-state index contributed by atoms with van der Waals surface area (Å²) in [7, 11) is 3.49. The summed E-state index contributed by atoms with van der Waals surface area (Å²) in [5, 5.41) is 8.81. The summed E-state index contributed by atoms with van der Waals surface area (Å²) in [6.45, 7) is 1.86. The molecule has 0 saturated carbocycles. The molecule has 1 aromatic rings. The first kappa shape index (κ1) is 12.6. The fourth-order valence-corrected chi connectivity index (χ4v) is 1.65. The van der Waals surface area contributed by atoms with Crippen LogP contribution in [0.25, 0.3) is 0 Å².